The van der Waals surface area contributed by atoms with Crippen LogP contribution in [0, 0.1) is 0 Å². The van der Waals surface area contributed by atoms with Crippen LogP contribution >= 0.6 is 12.9 Å². The second kappa shape index (κ2) is 9.37. The third-order valence-corrected chi connectivity index (χ3v) is 6.19. The van der Waals surface area contributed by atoms with Gasteiger partial charge in [0.1, 0.15) is 5.82 Å². The number of hydrogen-bond acceptors (Lipinski definition) is 8. The molecule has 0 amide bonds. The lowest BCUT2D eigenvalue weighted by Crippen LogP contribution is -2.18. The summed E-state index contributed by atoms with van der Waals surface area (Å²) in [6.45, 7) is 0. The molecule has 0 saturated carbocycles. The van der Waals surface area contributed by atoms with Crippen LogP contribution in [-0.4, -0.2) is 38.5 Å². The number of halogens is 3. The predicted molar refractivity (Wildman–Crippen MR) is 118 cm³/mol. The fourth-order valence-corrected chi connectivity index (χ4v) is 3.82. The molecule has 0 atom stereocenters. The molecule has 0 fully saturated rings. The average molecular weight is 499 g/mol. The summed E-state index contributed by atoms with van der Waals surface area (Å²) >= 11 is 3.44. The van der Waals surface area contributed by atoms with Gasteiger partial charge in [0.2, 0.25) is 15.8 Å². The topological polar surface area (TPSA) is 110 Å². The second-order valence-corrected chi connectivity index (χ2v) is 8.62. The first kappa shape index (κ1) is 24.5. The number of hydrogen-bond donors (Lipinski definition) is 3. The highest BCUT2D eigenvalue weighted by Crippen LogP contribution is 2.39. The van der Waals surface area contributed by atoms with E-state index in [0.29, 0.717) is 5.56 Å². The molecule has 2 N–H and O–H groups in total. The van der Waals surface area contributed by atoms with E-state index in [4.69, 9.17) is 0 Å². The van der Waals surface area contributed by atoms with E-state index in [1.54, 1.807) is 0 Å². The first-order valence-electron chi connectivity index (χ1n) is 9.19. The van der Waals surface area contributed by atoms with Gasteiger partial charge in [-0.1, -0.05) is 24.3 Å². The van der Waals surface area contributed by atoms with E-state index in [0.717, 1.165) is 0 Å². The third-order valence-electron chi connectivity index (χ3n) is 4.60. The van der Waals surface area contributed by atoms with E-state index in [2.05, 4.69) is 37.1 Å². The molecule has 33 heavy (non-hydrogen) atoms. The Labute approximate surface area is 192 Å². The first-order chi connectivity index (χ1) is 15.5. The lowest BCUT2D eigenvalue weighted by atomic mass is 9.98. The van der Waals surface area contributed by atoms with Crippen LogP contribution in [-0.2, 0) is 20.4 Å². The zero-order valence-corrected chi connectivity index (χ0v) is 18.8. The highest BCUT2D eigenvalue weighted by molar-refractivity contribution is 7.89. The van der Waals surface area contributed by atoms with E-state index >= 15 is 0 Å². The van der Waals surface area contributed by atoms with Gasteiger partial charge in [0.25, 0.3) is 0 Å². The molecule has 1 heterocycles. The number of rotatable bonds is 6. The summed E-state index contributed by atoms with van der Waals surface area (Å²) in [4.78, 5) is 19.0. The molecule has 0 radical (unpaired) electrons. The number of benzene rings is 2. The van der Waals surface area contributed by atoms with Crippen molar-refractivity contribution in [1.82, 2.24) is 14.7 Å². The van der Waals surface area contributed by atoms with Crippen molar-refractivity contribution in [2.75, 3.05) is 19.4 Å². The van der Waals surface area contributed by atoms with Crippen LogP contribution in [0.5, 0.6) is 0 Å². The maximum atomic E-state index is 13.5. The normalized spacial score (nSPS) is 11.8. The molecule has 0 saturated heterocycles. The Bertz CT molecular complexity index is 1280. The van der Waals surface area contributed by atoms with Gasteiger partial charge in [-0.25, -0.2) is 27.9 Å². The second-order valence-electron chi connectivity index (χ2n) is 6.56. The van der Waals surface area contributed by atoms with Crippen molar-refractivity contribution in [1.29, 1.82) is 0 Å². The fraction of sp³-hybridized carbons (Fsp3) is 0.150. The molecule has 0 bridgehead atoms. The van der Waals surface area contributed by atoms with Crippen LogP contribution in [0.3, 0.4) is 0 Å². The Morgan fingerprint density at radius 3 is 2.03 bits per heavy atom. The van der Waals surface area contributed by atoms with Crippen molar-refractivity contribution in [3.8, 4) is 22.4 Å². The Hall–Kier alpha value is -3.16. The van der Waals surface area contributed by atoms with Crippen LogP contribution < -0.4 is 10.0 Å². The Morgan fingerprint density at radius 1 is 0.970 bits per heavy atom. The Balaban J connectivity index is 2.25. The highest BCUT2D eigenvalue weighted by Gasteiger charge is 2.36. The SMILES string of the molecule is CNc1nc(C(F)(F)F)nc(-c2ccc(C(=O)OS)cc2)c1-c1ccc(S(=O)(=O)NC)cc1. The van der Waals surface area contributed by atoms with Crippen molar-refractivity contribution < 1.29 is 30.6 Å². The van der Waals surface area contributed by atoms with Gasteiger partial charge in [0.05, 0.1) is 21.7 Å². The van der Waals surface area contributed by atoms with Crippen LogP contribution in [0.25, 0.3) is 22.4 Å². The largest absolute Gasteiger partial charge is 0.451 e. The van der Waals surface area contributed by atoms with Crippen molar-refractivity contribution >= 4 is 34.7 Å². The molecule has 13 heteroatoms. The number of sulfonamides is 1. The number of carbonyl (C=O) groups excluding carboxylic acids is 1. The van der Waals surface area contributed by atoms with Gasteiger partial charge >= 0.3 is 12.1 Å². The number of anilines is 1. The van der Waals surface area contributed by atoms with Crippen LogP contribution in [0.4, 0.5) is 19.0 Å². The first-order valence-corrected chi connectivity index (χ1v) is 11.0. The summed E-state index contributed by atoms with van der Waals surface area (Å²) in [6, 6.07) is 11.0. The van der Waals surface area contributed by atoms with Gasteiger partial charge in [-0.05, 0) is 36.9 Å². The molecule has 8 nitrogen and oxygen atoms in total. The van der Waals surface area contributed by atoms with Crippen molar-refractivity contribution in [3.05, 3.63) is 59.9 Å². The third kappa shape index (κ3) is 5.10. The smallest absolute Gasteiger partial charge is 0.391 e. The number of aromatic nitrogens is 2. The average Bonchev–Trinajstić information content (AvgIpc) is 2.82. The van der Waals surface area contributed by atoms with E-state index < -0.39 is 28.0 Å². The van der Waals surface area contributed by atoms with Gasteiger partial charge in [-0.15, -0.1) is 0 Å². The molecule has 0 spiro atoms. The summed E-state index contributed by atoms with van der Waals surface area (Å²) in [5, 5.41) is 2.65. The van der Waals surface area contributed by atoms with E-state index in [1.165, 1.54) is 62.6 Å². The molecule has 0 unspecified atom stereocenters. The molecule has 0 aliphatic carbocycles. The zero-order valence-electron chi connectivity index (χ0n) is 17.1. The quantitative estimate of drug-likeness (QED) is 0.350. The standard InChI is InChI=1S/C20H17F3N4O4S2/c1-24-17-15(11-7-9-14(10-8-11)33(29,30)25-2)16(26-19(27-17)20(21,22)23)12-3-5-13(6-4-12)18(28)31-32/h3-10,25,32H,1-2H3,(H,24,26,27). The van der Waals surface area contributed by atoms with Gasteiger partial charge in [0, 0.05) is 25.5 Å². The monoisotopic (exact) mass is 498 g/mol. The van der Waals surface area contributed by atoms with Gasteiger partial charge in [0.15, 0.2) is 0 Å². The maximum Gasteiger partial charge on any atom is 0.451 e. The van der Waals surface area contributed by atoms with Crippen molar-refractivity contribution in [2.24, 2.45) is 0 Å². The number of alkyl halides is 3. The van der Waals surface area contributed by atoms with Crippen molar-refractivity contribution in [3.63, 3.8) is 0 Å². The molecule has 3 aromatic rings. The summed E-state index contributed by atoms with van der Waals surface area (Å²) < 4.78 is 71.0. The summed E-state index contributed by atoms with van der Waals surface area (Å²) in [6.07, 6.45) is -4.82. The minimum absolute atomic E-state index is 0.0243. The minimum Gasteiger partial charge on any atom is -0.391 e. The fourth-order valence-electron chi connectivity index (χ4n) is 2.99. The molecule has 2 aromatic carbocycles. The minimum atomic E-state index is -4.82. The lowest BCUT2D eigenvalue weighted by Gasteiger charge is -2.17. The lowest BCUT2D eigenvalue weighted by molar-refractivity contribution is -0.144. The molecular formula is C20H17F3N4O4S2. The maximum absolute atomic E-state index is 13.5. The van der Waals surface area contributed by atoms with Gasteiger partial charge in [-0.2, -0.15) is 13.2 Å². The molecular weight excluding hydrogens is 481 g/mol. The zero-order chi connectivity index (χ0) is 24.4. The Morgan fingerprint density at radius 2 is 1.55 bits per heavy atom. The van der Waals surface area contributed by atoms with E-state index in [1.807, 2.05) is 0 Å². The van der Waals surface area contributed by atoms with E-state index in [-0.39, 0.29) is 33.1 Å². The number of nitrogens with zero attached hydrogens (tertiary/aromatic N) is 2. The predicted octanol–water partition coefficient (Wildman–Crippen LogP) is 3.78. The number of thiol groups is 1. The van der Waals surface area contributed by atoms with Crippen LogP contribution in [0.2, 0.25) is 0 Å². The van der Waals surface area contributed by atoms with E-state index in [9.17, 15) is 26.4 Å². The Kier molecular flexibility index (Phi) is 6.95. The molecule has 3 rings (SSSR count). The van der Waals surface area contributed by atoms with Gasteiger partial charge in [-0.3, -0.25) is 0 Å². The number of carbonyl (C=O) groups is 1. The van der Waals surface area contributed by atoms with Crippen LogP contribution in [0.1, 0.15) is 16.2 Å². The molecule has 0 aliphatic rings. The summed E-state index contributed by atoms with van der Waals surface area (Å²) in [5.41, 5.74) is 0.907. The molecule has 174 valence electrons. The number of nitrogens with one attached hydrogen (secondary N) is 2. The summed E-state index contributed by atoms with van der Waals surface area (Å²) in [5.74, 6) is -2.21. The highest BCUT2D eigenvalue weighted by atomic mass is 32.2. The van der Waals surface area contributed by atoms with Gasteiger partial charge < -0.3 is 9.50 Å². The molecule has 0 aliphatic heterocycles. The van der Waals surface area contributed by atoms with Crippen LogP contribution in [0.15, 0.2) is 53.4 Å². The van der Waals surface area contributed by atoms with Crippen molar-refractivity contribution in [2.45, 2.75) is 11.1 Å². The molecule has 1 aromatic heterocycles. The summed E-state index contributed by atoms with van der Waals surface area (Å²) in [7, 11) is -1.05.